The Labute approximate surface area is 206 Å². The molecule has 36 heavy (non-hydrogen) atoms. The molecule has 3 aromatic heterocycles. The number of hydrogen-bond donors (Lipinski definition) is 2. The van der Waals surface area contributed by atoms with Crippen molar-refractivity contribution in [2.45, 2.75) is 18.9 Å². The highest BCUT2D eigenvalue weighted by molar-refractivity contribution is 5.88. The van der Waals surface area contributed by atoms with Crippen LogP contribution in [0.4, 0.5) is 17.6 Å². The quantitative estimate of drug-likeness (QED) is 0.372. The Kier molecular flexibility index (Phi) is 5.96. The lowest BCUT2D eigenvalue weighted by Crippen LogP contribution is -2.41. The molecule has 0 radical (unpaired) electrons. The number of hydrogen-bond acceptors (Lipinski definition) is 10. The molecular formula is C23H27N9O4. The van der Waals surface area contributed by atoms with E-state index in [2.05, 4.69) is 20.3 Å². The zero-order valence-corrected chi connectivity index (χ0v) is 20.4. The summed E-state index contributed by atoms with van der Waals surface area (Å²) in [5, 5.41) is 3.25. The van der Waals surface area contributed by atoms with E-state index in [0.29, 0.717) is 59.0 Å². The van der Waals surface area contributed by atoms with E-state index < -0.39 is 6.04 Å². The van der Waals surface area contributed by atoms with E-state index in [1.54, 1.807) is 44.7 Å². The van der Waals surface area contributed by atoms with Crippen molar-refractivity contribution in [3.8, 4) is 22.9 Å². The molecule has 0 bridgehead atoms. The van der Waals surface area contributed by atoms with Crippen LogP contribution in [0.3, 0.4) is 0 Å². The molecule has 1 saturated heterocycles. The Bertz CT molecular complexity index is 1410. The van der Waals surface area contributed by atoms with Crippen LogP contribution in [-0.4, -0.2) is 68.9 Å². The second kappa shape index (κ2) is 9.24. The Morgan fingerprint density at radius 1 is 1.08 bits per heavy atom. The maximum absolute atomic E-state index is 12.0. The van der Waals surface area contributed by atoms with E-state index in [0.717, 1.165) is 12.1 Å². The van der Waals surface area contributed by atoms with Gasteiger partial charge in [-0.3, -0.25) is 4.79 Å². The summed E-state index contributed by atoms with van der Waals surface area (Å²) in [4.78, 5) is 32.1. The number of carbonyl (C=O) groups excluding carboxylic acids is 1. The molecule has 0 aliphatic carbocycles. The Balaban J connectivity index is 1.51. The van der Waals surface area contributed by atoms with E-state index in [4.69, 9.17) is 24.9 Å². The molecule has 13 heteroatoms. The second-order valence-corrected chi connectivity index (χ2v) is 8.33. The van der Waals surface area contributed by atoms with E-state index >= 15 is 0 Å². The first kappa shape index (κ1) is 23.2. The maximum atomic E-state index is 12.0. The molecule has 4 aromatic rings. The van der Waals surface area contributed by atoms with Crippen LogP contribution in [0.1, 0.15) is 12.8 Å². The first-order valence-electron chi connectivity index (χ1n) is 11.3. The fourth-order valence-electron chi connectivity index (χ4n) is 4.38. The number of anilines is 3. The number of amides is 1. The number of benzene rings is 1. The van der Waals surface area contributed by atoms with Gasteiger partial charge in [0.1, 0.15) is 18.2 Å². The molecule has 0 spiro atoms. The number of methoxy groups -OCH3 is 3. The minimum absolute atomic E-state index is 0.389. The average molecular weight is 494 g/mol. The zero-order valence-electron chi connectivity index (χ0n) is 20.4. The number of fused-ring (bicyclic) bond motifs is 1. The number of nitrogens with one attached hydrogen (secondary N) is 1. The van der Waals surface area contributed by atoms with Gasteiger partial charge in [0.2, 0.25) is 17.6 Å². The topological polar surface area (TPSA) is 147 Å². The molecule has 0 saturated carbocycles. The highest BCUT2D eigenvalue weighted by Crippen LogP contribution is 2.39. The normalized spacial score (nSPS) is 15.3. The fraction of sp³-hybridized carbons (Fsp3) is 0.348. The SMILES string of the molecule is COc1cc(-n2cnc(Nc3nc(N4CCCC4C(N)=O)nc4c3ncn4C)c2)cc(OC)c1OC. The summed E-state index contributed by atoms with van der Waals surface area (Å²) in [6.45, 7) is 0.645. The summed E-state index contributed by atoms with van der Waals surface area (Å²) in [6.07, 6.45) is 6.63. The number of carbonyl (C=O) groups is 1. The summed E-state index contributed by atoms with van der Waals surface area (Å²) < 4.78 is 19.9. The molecule has 188 valence electrons. The third kappa shape index (κ3) is 3.97. The van der Waals surface area contributed by atoms with Crippen molar-refractivity contribution < 1.29 is 19.0 Å². The van der Waals surface area contributed by atoms with Gasteiger partial charge in [-0.15, -0.1) is 0 Å². The van der Waals surface area contributed by atoms with Crippen molar-refractivity contribution in [1.29, 1.82) is 0 Å². The van der Waals surface area contributed by atoms with Crippen LogP contribution in [0.15, 0.2) is 31.0 Å². The molecule has 13 nitrogen and oxygen atoms in total. The summed E-state index contributed by atoms with van der Waals surface area (Å²) >= 11 is 0. The van der Waals surface area contributed by atoms with E-state index in [1.165, 1.54) is 0 Å². The lowest BCUT2D eigenvalue weighted by molar-refractivity contribution is -0.119. The van der Waals surface area contributed by atoms with Crippen LogP contribution in [0.25, 0.3) is 16.9 Å². The van der Waals surface area contributed by atoms with Crippen LogP contribution in [0.2, 0.25) is 0 Å². The molecule has 1 aliphatic rings. The molecule has 1 fully saturated rings. The zero-order chi connectivity index (χ0) is 25.4. The van der Waals surface area contributed by atoms with E-state index in [1.807, 2.05) is 28.6 Å². The summed E-state index contributed by atoms with van der Waals surface area (Å²) in [5.74, 6) is 2.60. The summed E-state index contributed by atoms with van der Waals surface area (Å²) in [7, 11) is 6.54. The Morgan fingerprint density at radius 3 is 2.50 bits per heavy atom. The number of nitrogens with two attached hydrogens (primary N) is 1. The number of aryl methyl sites for hydroxylation is 1. The van der Waals surface area contributed by atoms with Crippen molar-refractivity contribution in [2.24, 2.45) is 12.8 Å². The number of imidazole rings is 2. The van der Waals surface area contributed by atoms with Crippen LogP contribution < -0.4 is 30.2 Å². The van der Waals surface area contributed by atoms with Gasteiger partial charge < -0.3 is 39.3 Å². The predicted molar refractivity (Wildman–Crippen MR) is 132 cm³/mol. The van der Waals surface area contributed by atoms with Crippen molar-refractivity contribution in [2.75, 3.05) is 38.1 Å². The van der Waals surface area contributed by atoms with Gasteiger partial charge >= 0.3 is 0 Å². The maximum Gasteiger partial charge on any atom is 0.240 e. The highest BCUT2D eigenvalue weighted by atomic mass is 16.5. The second-order valence-electron chi connectivity index (χ2n) is 8.33. The third-order valence-electron chi connectivity index (χ3n) is 6.16. The Hall–Kier alpha value is -4.55. The molecule has 1 atom stereocenters. The van der Waals surface area contributed by atoms with Gasteiger partial charge in [-0.05, 0) is 12.8 Å². The summed E-state index contributed by atoms with van der Waals surface area (Å²) in [6, 6.07) is 3.20. The predicted octanol–water partition coefficient (Wildman–Crippen LogP) is 1.77. The van der Waals surface area contributed by atoms with Crippen molar-refractivity contribution in [1.82, 2.24) is 29.1 Å². The van der Waals surface area contributed by atoms with Crippen molar-refractivity contribution in [3.63, 3.8) is 0 Å². The molecule has 1 amide bonds. The van der Waals surface area contributed by atoms with Crippen LogP contribution in [0, 0.1) is 0 Å². The highest BCUT2D eigenvalue weighted by Gasteiger charge is 2.32. The average Bonchev–Trinajstić information content (AvgIpc) is 3.63. The molecule has 3 N–H and O–H groups in total. The monoisotopic (exact) mass is 493 g/mol. The van der Waals surface area contributed by atoms with Crippen molar-refractivity contribution >= 4 is 34.7 Å². The van der Waals surface area contributed by atoms with Gasteiger partial charge in [-0.1, -0.05) is 0 Å². The fourth-order valence-corrected chi connectivity index (χ4v) is 4.38. The lowest BCUT2D eigenvalue weighted by Gasteiger charge is -2.22. The van der Waals surface area contributed by atoms with Gasteiger partial charge in [0.15, 0.2) is 28.5 Å². The lowest BCUT2D eigenvalue weighted by atomic mass is 10.2. The molecule has 1 aliphatic heterocycles. The van der Waals surface area contributed by atoms with Gasteiger partial charge in [0.05, 0.1) is 39.5 Å². The number of ether oxygens (including phenoxy) is 3. The molecule has 1 aromatic carbocycles. The van der Waals surface area contributed by atoms with Gasteiger partial charge in [-0.25, -0.2) is 9.97 Å². The molecule has 4 heterocycles. The minimum Gasteiger partial charge on any atom is -0.493 e. The van der Waals surface area contributed by atoms with Gasteiger partial charge in [0.25, 0.3) is 0 Å². The summed E-state index contributed by atoms with van der Waals surface area (Å²) in [5.41, 5.74) is 7.59. The number of primary amides is 1. The van der Waals surface area contributed by atoms with Crippen molar-refractivity contribution in [3.05, 3.63) is 31.0 Å². The van der Waals surface area contributed by atoms with Crippen LogP contribution in [0.5, 0.6) is 17.2 Å². The smallest absolute Gasteiger partial charge is 0.240 e. The standard InChI is InChI=1S/C23H27N9O4/c1-30-11-26-18-21(28-23(29-22(18)30)32-7-5-6-14(32)20(24)33)27-17-10-31(12-25-17)13-8-15(34-2)19(36-4)16(9-13)35-3/h8-12,14H,5-7H2,1-4H3,(H2,24,33)(H,27,28,29). The van der Waals surface area contributed by atoms with E-state index in [-0.39, 0.29) is 5.91 Å². The number of aromatic nitrogens is 6. The minimum atomic E-state index is -0.442. The van der Waals surface area contributed by atoms with Crippen LogP contribution >= 0.6 is 0 Å². The Morgan fingerprint density at radius 2 is 1.83 bits per heavy atom. The molecular weight excluding hydrogens is 466 g/mol. The molecule has 5 rings (SSSR count). The number of nitrogens with zero attached hydrogens (tertiary/aromatic N) is 7. The molecule has 1 unspecified atom stereocenters. The first-order chi connectivity index (χ1) is 17.4. The third-order valence-corrected chi connectivity index (χ3v) is 6.16. The van der Waals surface area contributed by atoms with Gasteiger partial charge in [0, 0.05) is 25.7 Å². The van der Waals surface area contributed by atoms with E-state index in [9.17, 15) is 4.79 Å². The van der Waals surface area contributed by atoms with Crippen LogP contribution in [-0.2, 0) is 11.8 Å². The first-order valence-corrected chi connectivity index (χ1v) is 11.3. The van der Waals surface area contributed by atoms with Gasteiger partial charge in [-0.2, -0.15) is 9.97 Å². The number of rotatable bonds is 8. The largest absolute Gasteiger partial charge is 0.493 e.